The quantitative estimate of drug-likeness (QED) is 0.400. The lowest BCUT2D eigenvalue weighted by molar-refractivity contribution is -0.116. The minimum Gasteiger partial charge on any atom is -0.484 e. The van der Waals surface area contributed by atoms with E-state index in [0.29, 0.717) is 21.9 Å². The van der Waals surface area contributed by atoms with Crippen molar-refractivity contribution in [1.29, 1.82) is 0 Å². The SMILES string of the molecule is O=C(CSc1nnc(COc2ccc(Cl)cc2)o1)N(c1ccccc1)C1CCCCC1. The van der Waals surface area contributed by atoms with Crippen molar-refractivity contribution in [1.82, 2.24) is 10.2 Å². The number of benzene rings is 2. The predicted octanol–water partition coefficient (Wildman–Crippen LogP) is 5.76. The molecule has 1 heterocycles. The molecular weight excluding hydrogens is 434 g/mol. The van der Waals surface area contributed by atoms with Crippen molar-refractivity contribution in [3.05, 3.63) is 65.5 Å². The number of halogens is 1. The van der Waals surface area contributed by atoms with E-state index in [4.69, 9.17) is 20.8 Å². The van der Waals surface area contributed by atoms with E-state index in [1.54, 1.807) is 24.3 Å². The highest BCUT2D eigenvalue weighted by Gasteiger charge is 2.27. The number of nitrogens with zero attached hydrogens (tertiary/aromatic N) is 3. The standard InChI is InChI=1S/C23H24ClN3O3S/c24-17-11-13-20(14-12-17)29-15-21-25-26-23(30-21)31-16-22(28)27(18-7-3-1-4-8-18)19-9-5-2-6-10-19/h1,3-4,7-8,11-14,19H,2,5-6,9-10,15-16H2. The number of rotatable bonds is 8. The molecule has 2 aromatic carbocycles. The molecule has 0 atom stereocenters. The fraction of sp³-hybridized carbons (Fsp3) is 0.348. The number of thioether (sulfide) groups is 1. The van der Waals surface area contributed by atoms with Crippen LogP contribution in [0.5, 0.6) is 5.75 Å². The van der Waals surface area contributed by atoms with Crippen molar-refractivity contribution in [2.45, 2.75) is 50.0 Å². The molecule has 4 rings (SSSR count). The number of ether oxygens (including phenoxy) is 1. The Labute approximate surface area is 190 Å². The fourth-order valence-corrected chi connectivity index (χ4v) is 4.48. The van der Waals surface area contributed by atoms with Crippen LogP contribution >= 0.6 is 23.4 Å². The second kappa shape index (κ2) is 10.7. The first-order valence-corrected chi connectivity index (χ1v) is 11.8. The molecular formula is C23H24ClN3O3S. The van der Waals surface area contributed by atoms with Gasteiger partial charge in [0.15, 0.2) is 6.61 Å². The molecule has 0 N–H and O–H groups in total. The van der Waals surface area contributed by atoms with Gasteiger partial charge in [0.05, 0.1) is 5.75 Å². The molecule has 6 nitrogen and oxygen atoms in total. The molecule has 162 valence electrons. The van der Waals surface area contributed by atoms with Gasteiger partial charge in [-0.25, -0.2) is 0 Å². The molecule has 8 heteroatoms. The van der Waals surface area contributed by atoms with E-state index in [0.717, 1.165) is 31.4 Å². The predicted molar refractivity (Wildman–Crippen MR) is 122 cm³/mol. The van der Waals surface area contributed by atoms with Crippen molar-refractivity contribution in [3.8, 4) is 5.75 Å². The van der Waals surface area contributed by atoms with Gasteiger partial charge >= 0.3 is 0 Å². The van der Waals surface area contributed by atoms with Gasteiger partial charge in [0, 0.05) is 16.8 Å². The minimum absolute atomic E-state index is 0.0558. The summed E-state index contributed by atoms with van der Waals surface area (Å²) in [6.45, 7) is 0.154. The molecule has 31 heavy (non-hydrogen) atoms. The Balaban J connectivity index is 1.35. The summed E-state index contributed by atoms with van der Waals surface area (Å²) in [6.07, 6.45) is 5.64. The minimum atomic E-state index is 0.0558. The van der Waals surface area contributed by atoms with Gasteiger partial charge in [0.1, 0.15) is 5.75 Å². The van der Waals surface area contributed by atoms with Crippen LogP contribution in [0.15, 0.2) is 64.2 Å². The summed E-state index contributed by atoms with van der Waals surface area (Å²) in [5.41, 5.74) is 0.947. The Morgan fingerprint density at radius 3 is 2.55 bits per heavy atom. The van der Waals surface area contributed by atoms with Gasteiger partial charge < -0.3 is 14.1 Å². The highest BCUT2D eigenvalue weighted by Crippen LogP contribution is 2.29. The average Bonchev–Trinajstić information content (AvgIpc) is 3.27. The lowest BCUT2D eigenvalue weighted by Crippen LogP contribution is -2.42. The Morgan fingerprint density at radius 2 is 1.81 bits per heavy atom. The lowest BCUT2D eigenvalue weighted by Gasteiger charge is -2.34. The first-order valence-electron chi connectivity index (χ1n) is 10.4. The smallest absolute Gasteiger partial charge is 0.277 e. The lowest BCUT2D eigenvalue weighted by atomic mass is 9.93. The zero-order valence-corrected chi connectivity index (χ0v) is 18.6. The van der Waals surface area contributed by atoms with Crippen LogP contribution in [-0.4, -0.2) is 27.9 Å². The Hall–Kier alpha value is -2.51. The van der Waals surface area contributed by atoms with Gasteiger partial charge in [-0.15, -0.1) is 10.2 Å². The zero-order valence-electron chi connectivity index (χ0n) is 17.1. The van der Waals surface area contributed by atoms with Crippen LogP contribution in [0.3, 0.4) is 0 Å². The molecule has 1 aliphatic carbocycles. The number of carbonyl (C=O) groups is 1. The van der Waals surface area contributed by atoms with Crippen LogP contribution in [0.25, 0.3) is 0 Å². The third-order valence-electron chi connectivity index (χ3n) is 5.19. The van der Waals surface area contributed by atoms with Gasteiger partial charge in [-0.1, -0.05) is 60.8 Å². The molecule has 1 aliphatic rings. The van der Waals surface area contributed by atoms with E-state index < -0.39 is 0 Å². The highest BCUT2D eigenvalue weighted by molar-refractivity contribution is 7.99. The fourth-order valence-electron chi connectivity index (χ4n) is 3.71. The molecule has 0 saturated heterocycles. The van der Waals surface area contributed by atoms with Gasteiger partial charge in [-0.3, -0.25) is 4.79 Å². The van der Waals surface area contributed by atoms with Crippen molar-refractivity contribution >= 4 is 35.0 Å². The molecule has 1 aromatic heterocycles. The number of aromatic nitrogens is 2. The van der Waals surface area contributed by atoms with Gasteiger partial charge in [0.25, 0.3) is 11.1 Å². The summed E-state index contributed by atoms with van der Waals surface area (Å²) in [6, 6.07) is 17.2. The number of hydrogen-bond donors (Lipinski definition) is 0. The molecule has 3 aromatic rings. The third-order valence-corrected chi connectivity index (χ3v) is 6.24. The topological polar surface area (TPSA) is 68.5 Å². The summed E-state index contributed by atoms with van der Waals surface area (Å²) in [5.74, 6) is 1.32. The summed E-state index contributed by atoms with van der Waals surface area (Å²) < 4.78 is 11.3. The van der Waals surface area contributed by atoms with Crippen molar-refractivity contribution in [2.75, 3.05) is 10.7 Å². The molecule has 0 bridgehead atoms. The molecule has 1 fully saturated rings. The van der Waals surface area contributed by atoms with Crippen LogP contribution in [-0.2, 0) is 11.4 Å². The van der Waals surface area contributed by atoms with E-state index in [2.05, 4.69) is 10.2 Å². The largest absolute Gasteiger partial charge is 0.484 e. The molecule has 0 spiro atoms. The second-order valence-corrected chi connectivity index (χ2v) is 8.75. The van der Waals surface area contributed by atoms with E-state index in [1.807, 2.05) is 35.2 Å². The van der Waals surface area contributed by atoms with E-state index in [-0.39, 0.29) is 24.3 Å². The van der Waals surface area contributed by atoms with E-state index >= 15 is 0 Å². The number of amides is 1. The summed E-state index contributed by atoms with van der Waals surface area (Å²) >= 11 is 7.13. The Bertz CT molecular complexity index is 975. The monoisotopic (exact) mass is 457 g/mol. The maximum atomic E-state index is 13.1. The van der Waals surface area contributed by atoms with E-state index in [9.17, 15) is 4.79 Å². The second-order valence-electron chi connectivity index (χ2n) is 7.38. The highest BCUT2D eigenvalue weighted by atomic mass is 35.5. The number of para-hydroxylation sites is 1. The average molecular weight is 458 g/mol. The molecule has 0 aliphatic heterocycles. The Kier molecular flexibility index (Phi) is 7.48. The normalized spacial score (nSPS) is 14.4. The van der Waals surface area contributed by atoms with Crippen LogP contribution in [0.1, 0.15) is 38.0 Å². The molecule has 0 radical (unpaired) electrons. The van der Waals surface area contributed by atoms with Crippen LogP contribution in [0, 0.1) is 0 Å². The van der Waals surface area contributed by atoms with Gasteiger partial charge in [-0.2, -0.15) is 0 Å². The Morgan fingerprint density at radius 1 is 1.06 bits per heavy atom. The van der Waals surface area contributed by atoms with E-state index in [1.165, 1.54) is 18.2 Å². The van der Waals surface area contributed by atoms with Crippen molar-refractivity contribution < 1.29 is 13.9 Å². The maximum Gasteiger partial charge on any atom is 0.277 e. The third kappa shape index (κ3) is 6.02. The number of anilines is 1. The maximum absolute atomic E-state index is 13.1. The summed E-state index contributed by atoms with van der Waals surface area (Å²) in [7, 11) is 0. The first kappa shape index (κ1) is 21.7. The summed E-state index contributed by atoms with van der Waals surface area (Å²) in [5, 5.41) is 9.05. The first-order chi connectivity index (χ1) is 15.2. The molecule has 1 saturated carbocycles. The van der Waals surface area contributed by atoms with Crippen LogP contribution in [0.2, 0.25) is 5.02 Å². The van der Waals surface area contributed by atoms with Crippen molar-refractivity contribution in [2.24, 2.45) is 0 Å². The van der Waals surface area contributed by atoms with Gasteiger partial charge in [-0.05, 0) is 49.2 Å². The zero-order chi connectivity index (χ0) is 21.5. The number of hydrogen-bond acceptors (Lipinski definition) is 6. The summed E-state index contributed by atoms with van der Waals surface area (Å²) in [4.78, 5) is 15.1. The van der Waals surface area contributed by atoms with Gasteiger partial charge in [0.2, 0.25) is 5.91 Å². The molecule has 0 unspecified atom stereocenters. The van der Waals surface area contributed by atoms with Crippen LogP contribution in [0.4, 0.5) is 5.69 Å². The van der Waals surface area contributed by atoms with Crippen LogP contribution < -0.4 is 9.64 Å². The molecule has 1 amide bonds. The van der Waals surface area contributed by atoms with Crippen molar-refractivity contribution in [3.63, 3.8) is 0 Å². The number of carbonyl (C=O) groups excluding carboxylic acids is 1.